The highest BCUT2D eigenvalue weighted by Gasteiger charge is 2.39. The summed E-state index contributed by atoms with van der Waals surface area (Å²) < 4.78 is 0. The van der Waals surface area contributed by atoms with E-state index in [1.807, 2.05) is 18.2 Å². The first-order chi connectivity index (χ1) is 10.7. The van der Waals surface area contributed by atoms with E-state index in [1.165, 1.54) is 31.2 Å². The van der Waals surface area contributed by atoms with Crippen molar-refractivity contribution >= 4 is 34.7 Å². The van der Waals surface area contributed by atoms with Crippen LogP contribution in [0.4, 0.5) is 0 Å². The van der Waals surface area contributed by atoms with Crippen molar-refractivity contribution in [3.63, 3.8) is 0 Å². The highest BCUT2D eigenvalue weighted by Crippen LogP contribution is 2.44. The van der Waals surface area contributed by atoms with Crippen LogP contribution in [0.25, 0.3) is 0 Å². The van der Waals surface area contributed by atoms with E-state index in [0.29, 0.717) is 22.8 Å². The van der Waals surface area contributed by atoms with Crippen LogP contribution in [-0.4, -0.2) is 16.3 Å². The van der Waals surface area contributed by atoms with Crippen molar-refractivity contribution in [2.75, 3.05) is 0 Å². The van der Waals surface area contributed by atoms with E-state index in [2.05, 4.69) is 33.6 Å². The van der Waals surface area contributed by atoms with Gasteiger partial charge in [0.15, 0.2) is 10.2 Å². The van der Waals surface area contributed by atoms with E-state index in [9.17, 15) is 0 Å². The van der Waals surface area contributed by atoms with Crippen molar-refractivity contribution < 1.29 is 0 Å². The van der Waals surface area contributed by atoms with E-state index >= 15 is 0 Å². The summed E-state index contributed by atoms with van der Waals surface area (Å²) in [6.45, 7) is 0.695. The van der Waals surface area contributed by atoms with Crippen LogP contribution in [0.3, 0.4) is 0 Å². The molecule has 1 aromatic carbocycles. The van der Waals surface area contributed by atoms with E-state index in [1.54, 1.807) is 0 Å². The average molecular weight is 335 g/mol. The zero-order valence-electron chi connectivity index (χ0n) is 12.5. The summed E-state index contributed by atoms with van der Waals surface area (Å²) in [5, 5.41) is 7.72. The second-order valence-corrected chi connectivity index (χ2v) is 6.99. The van der Waals surface area contributed by atoms with Gasteiger partial charge in [-0.2, -0.15) is 0 Å². The summed E-state index contributed by atoms with van der Waals surface area (Å²) in [4.78, 5) is 0. The molecule has 2 bridgehead atoms. The SMILES string of the molecule is S=C(NCc1ccccc1)NNC(=S)N[C@@H]1C[C@@H]2CC[C@@H]1C2. The third kappa shape index (κ3) is 4.08. The maximum Gasteiger partial charge on any atom is 0.185 e. The molecule has 2 saturated carbocycles. The summed E-state index contributed by atoms with van der Waals surface area (Å²) in [5.74, 6) is 1.71. The molecule has 3 rings (SSSR count). The number of hydrogen-bond acceptors (Lipinski definition) is 2. The molecule has 2 fully saturated rings. The summed E-state index contributed by atoms with van der Waals surface area (Å²) >= 11 is 10.6. The Hall–Kier alpha value is -1.40. The number of nitrogens with one attached hydrogen (secondary N) is 4. The molecular formula is C16H22N4S2. The first-order valence-corrected chi connectivity index (χ1v) is 8.66. The Balaban J connectivity index is 1.33. The molecule has 118 valence electrons. The number of thiocarbonyl (C=S) groups is 2. The largest absolute Gasteiger partial charge is 0.358 e. The highest BCUT2D eigenvalue weighted by atomic mass is 32.1. The molecule has 0 spiro atoms. The van der Waals surface area contributed by atoms with E-state index in [4.69, 9.17) is 24.4 Å². The Kier molecular flexibility index (Phi) is 5.10. The van der Waals surface area contributed by atoms with E-state index < -0.39 is 0 Å². The molecule has 0 aliphatic heterocycles. The van der Waals surface area contributed by atoms with Gasteiger partial charge in [-0.15, -0.1) is 0 Å². The monoisotopic (exact) mass is 334 g/mol. The van der Waals surface area contributed by atoms with Gasteiger partial charge in [-0.25, -0.2) is 0 Å². The van der Waals surface area contributed by atoms with Crippen molar-refractivity contribution in [2.45, 2.75) is 38.3 Å². The average Bonchev–Trinajstić information content (AvgIpc) is 3.14. The lowest BCUT2D eigenvalue weighted by molar-refractivity contribution is 0.389. The van der Waals surface area contributed by atoms with Crippen molar-refractivity contribution in [3.8, 4) is 0 Å². The van der Waals surface area contributed by atoms with Crippen LogP contribution in [0.15, 0.2) is 30.3 Å². The van der Waals surface area contributed by atoms with Crippen LogP contribution in [0.2, 0.25) is 0 Å². The molecule has 0 unspecified atom stereocenters. The standard InChI is InChI=1S/C16H22N4S2/c21-15(17-10-11-4-2-1-3-5-11)19-20-16(22)18-14-9-12-6-7-13(14)8-12/h1-5,12-14H,6-10H2,(H2,17,19,21)(H2,18,20,22)/t12-,13-,14-/m1/s1. The number of hydrazine groups is 1. The number of benzene rings is 1. The normalized spacial score (nSPS) is 25.5. The zero-order chi connectivity index (χ0) is 15.4. The second kappa shape index (κ2) is 7.24. The number of rotatable bonds is 3. The summed E-state index contributed by atoms with van der Waals surface area (Å²) in [5.41, 5.74) is 7.10. The Labute approximate surface area is 142 Å². The first-order valence-electron chi connectivity index (χ1n) is 7.85. The lowest BCUT2D eigenvalue weighted by Gasteiger charge is -2.24. The van der Waals surface area contributed by atoms with Gasteiger partial charge in [0.05, 0.1) is 0 Å². The minimum atomic E-state index is 0.534. The molecule has 1 aromatic rings. The predicted molar refractivity (Wildman–Crippen MR) is 97.1 cm³/mol. The van der Waals surface area contributed by atoms with E-state index in [0.717, 1.165) is 11.8 Å². The topological polar surface area (TPSA) is 48.1 Å². The first kappa shape index (κ1) is 15.5. The molecule has 0 saturated heterocycles. The van der Waals surface area contributed by atoms with Gasteiger partial charge < -0.3 is 10.6 Å². The second-order valence-electron chi connectivity index (χ2n) is 6.17. The molecule has 0 amide bonds. The lowest BCUT2D eigenvalue weighted by atomic mass is 9.96. The highest BCUT2D eigenvalue weighted by molar-refractivity contribution is 7.80. The van der Waals surface area contributed by atoms with Gasteiger partial charge >= 0.3 is 0 Å². The Morgan fingerprint density at radius 2 is 1.77 bits per heavy atom. The molecule has 2 aliphatic carbocycles. The Morgan fingerprint density at radius 3 is 2.45 bits per heavy atom. The third-order valence-electron chi connectivity index (χ3n) is 4.64. The summed E-state index contributed by atoms with van der Waals surface area (Å²) in [6, 6.07) is 10.7. The maximum absolute atomic E-state index is 5.33. The van der Waals surface area contributed by atoms with Crippen LogP contribution in [0.1, 0.15) is 31.2 Å². The fraction of sp³-hybridized carbons (Fsp3) is 0.500. The molecular weight excluding hydrogens is 312 g/mol. The molecule has 0 radical (unpaired) electrons. The Morgan fingerprint density at radius 1 is 1.00 bits per heavy atom. The molecule has 2 aliphatic rings. The fourth-order valence-electron chi connectivity index (χ4n) is 3.56. The summed E-state index contributed by atoms with van der Waals surface area (Å²) in [7, 11) is 0. The smallest absolute Gasteiger partial charge is 0.185 e. The number of fused-ring (bicyclic) bond motifs is 2. The van der Waals surface area contributed by atoms with Gasteiger partial charge in [0.1, 0.15) is 0 Å². The molecule has 22 heavy (non-hydrogen) atoms. The van der Waals surface area contributed by atoms with Crippen LogP contribution >= 0.6 is 24.4 Å². The van der Waals surface area contributed by atoms with Gasteiger partial charge in [0.2, 0.25) is 0 Å². The van der Waals surface area contributed by atoms with Gasteiger partial charge in [-0.1, -0.05) is 36.8 Å². The molecule has 6 heteroatoms. The molecule has 0 heterocycles. The minimum absolute atomic E-state index is 0.534. The van der Waals surface area contributed by atoms with Crippen LogP contribution in [0.5, 0.6) is 0 Å². The Bertz CT molecular complexity index is 534. The third-order valence-corrected chi connectivity index (χ3v) is 5.11. The van der Waals surface area contributed by atoms with Crippen molar-refractivity contribution in [2.24, 2.45) is 11.8 Å². The minimum Gasteiger partial charge on any atom is -0.358 e. The molecule has 0 aromatic heterocycles. The number of hydrogen-bond donors (Lipinski definition) is 4. The lowest BCUT2D eigenvalue weighted by Crippen LogP contribution is -2.52. The van der Waals surface area contributed by atoms with Gasteiger partial charge in [-0.3, -0.25) is 10.9 Å². The van der Waals surface area contributed by atoms with Crippen LogP contribution in [0, 0.1) is 11.8 Å². The quantitative estimate of drug-likeness (QED) is 0.502. The van der Waals surface area contributed by atoms with Gasteiger partial charge in [0.25, 0.3) is 0 Å². The van der Waals surface area contributed by atoms with Gasteiger partial charge in [0, 0.05) is 12.6 Å². The molecule has 4 nitrogen and oxygen atoms in total. The zero-order valence-corrected chi connectivity index (χ0v) is 14.1. The van der Waals surface area contributed by atoms with Crippen molar-refractivity contribution in [1.82, 2.24) is 21.5 Å². The van der Waals surface area contributed by atoms with Crippen LogP contribution in [-0.2, 0) is 6.54 Å². The van der Waals surface area contributed by atoms with Crippen LogP contribution < -0.4 is 21.5 Å². The van der Waals surface area contributed by atoms with Crippen molar-refractivity contribution in [3.05, 3.63) is 35.9 Å². The van der Waals surface area contributed by atoms with Crippen molar-refractivity contribution in [1.29, 1.82) is 0 Å². The maximum atomic E-state index is 5.33. The predicted octanol–water partition coefficient (Wildman–Crippen LogP) is 2.22. The van der Waals surface area contributed by atoms with E-state index in [-0.39, 0.29) is 0 Å². The fourth-order valence-corrected chi connectivity index (χ4v) is 3.89. The molecule has 3 atom stereocenters. The van der Waals surface area contributed by atoms with Gasteiger partial charge in [-0.05, 0) is 61.1 Å². The molecule has 4 N–H and O–H groups in total. The summed E-state index contributed by atoms with van der Waals surface area (Å²) in [6.07, 6.45) is 5.36.